The molecule has 16 heavy (non-hydrogen) atoms. The van der Waals surface area contributed by atoms with E-state index in [4.69, 9.17) is 4.74 Å². The van der Waals surface area contributed by atoms with Gasteiger partial charge in [-0.2, -0.15) is 0 Å². The molecule has 0 aliphatic heterocycles. The maximum absolute atomic E-state index is 5.52. The molecule has 1 N–H and O–H groups in total. The maximum Gasteiger partial charge on any atom is 0.0518 e. The van der Waals surface area contributed by atoms with E-state index in [0.717, 1.165) is 19.1 Å². The summed E-state index contributed by atoms with van der Waals surface area (Å²) in [4.78, 5) is 0. The van der Waals surface area contributed by atoms with Crippen LogP contribution in [0.3, 0.4) is 0 Å². The zero-order chi connectivity index (χ0) is 11.8. The molecule has 1 saturated carbocycles. The molecule has 1 aliphatic rings. The average Bonchev–Trinajstić information content (AvgIpc) is 2.75. The zero-order valence-electron chi connectivity index (χ0n) is 11.3. The van der Waals surface area contributed by atoms with Crippen LogP contribution in [0.2, 0.25) is 0 Å². The highest BCUT2D eigenvalue weighted by Gasteiger charge is 2.20. The lowest BCUT2D eigenvalue weighted by Gasteiger charge is -2.20. The van der Waals surface area contributed by atoms with E-state index in [0.29, 0.717) is 12.1 Å². The van der Waals surface area contributed by atoms with Crippen LogP contribution in [0.5, 0.6) is 0 Å². The van der Waals surface area contributed by atoms with E-state index in [2.05, 4.69) is 26.1 Å². The van der Waals surface area contributed by atoms with Gasteiger partial charge in [0.2, 0.25) is 0 Å². The van der Waals surface area contributed by atoms with Crippen molar-refractivity contribution in [1.82, 2.24) is 5.32 Å². The molecule has 0 spiro atoms. The van der Waals surface area contributed by atoms with Gasteiger partial charge in [0.05, 0.1) is 6.10 Å². The van der Waals surface area contributed by atoms with Gasteiger partial charge in [-0.05, 0) is 58.9 Å². The van der Waals surface area contributed by atoms with Gasteiger partial charge in [-0.25, -0.2) is 0 Å². The molecular formula is C14H29NO. The molecule has 1 unspecified atom stereocenters. The molecule has 0 aromatic rings. The molecule has 2 heteroatoms. The Bertz CT molecular complexity index is 164. The third-order valence-corrected chi connectivity index (χ3v) is 3.60. The van der Waals surface area contributed by atoms with Gasteiger partial charge in [0.1, 0.15) is 0 Å². The van der Waals surface area contributed by atoms with Gasteiger partial charge in [0.15, 0.2) is 0 Å². The van der Waals surface area contributed by atoms with Crippen LogP contribution in [-0.2, 0) is 4.74 Å². The van der Waals surface area contributed by atoms with Crippen molar-refractivity contribution in [3.8, 4) is 0 Å². The topological polar surface area (TPSA) is 21.3 Å². The SMILES string of the molecule is CC(C)OCCCCNC(C)C1CCCC1. The van der Waals surface area contributed by atoms with E-state index in [-0.39, 0.29) is 0 Å². The minimum atomic E-state index is 0.380. The summed E-state index contributed by atoms with van der Waals surface area (Å²) in [7, 11) is 0. The van der Waals surface area contributed by atoms with Crippen molar-refractivity contribution in [1.29, 1.82) is 0 Å². The van der Waals surface area contributed by atoms with Crippen LogP contribution >= 0.6 is 0 Å². The number of hydrogen-bond donors (Lipinski definition) is 1. The van der Waals surface area contributed by atoms with Crippen molar-refractivity contribution in [3.05, 3.63) is 0 Å². The molecule has 0 radical (unpaired) electrons. The van der Waals surface area contributed by atoms with E-state index in [1.54, 1.807) is 0 Å². The lowest BCUT2D eigenvalue weighted by atomic mass is 10.00. The van der Waals surface area contributed by atoms with Gasteiger partial charge in [-0.3, -0.25) is 0 Å². The molecular weight excluding hydrogens is 198 g/mol. The van der Waals surface area contributed by atoms with Crippen LogP contribution in [-0.4, -0.2) is 25.3 Å². The van der Waals surface area contributed by atoms with Gasteiger partial charge in [0, 0.05) is 12.6 Å². The zero-order valence-corrected chi connectivity index (χ0v) is 11.3. The second-order valence-electron chi connectivity index (χ2n) is 5.41. The van der Waals surface area contributed by atoms with Crippen LogP contribution < -0.4 is 5.32 Å². The Morgan fingerprint density at radius 1 is 1.12 bits per heavy atom. The Kier molecular flexibility index (Phi) is 7.06. The molecule has 0 aromatic carbocycles. The number of rotatable bonds is 8. The fourth-order valence-corrected chi connectivity index (χ4v) is 2.50. The van der Waals surface area contributed by atoms with Gasteiger partial charge in [0.25, 0.3) is 0 Å². The predicted molar refractivity (Wildman–Crippen MR) is 69.7 cm³/mol. The van der Waals surface area contributed by atoms with E-state index in [1.165, 1.54) is 38.5 Å². The third kappa shape index (κ3) is 5.86. The summed E-state index contributed by atoms with van der Waals surface area (Å²) in [6.45, 7) is 8.61. The smallest absolute Gasteiger partial charge is 0.0518 e. The van der Waals surface area contributed by atoms with Crippen molar-refractivity contribution in [3.63, 3.8) is 0 Å². The molecule has 1 fully saturated rings. The predicted octanol–water partition coefficient (Wildman–Crippen LogP) is 3.36. The quantitative estimate of drug-likeness (QED) is 0.642. The van der Waals surface area contributed by atoms with Crippen LogP contribution in [0, 0.1) is 5.92 Å². The summed E-state index contributed by atoms with van der Waals surface area (Å²) >= 11 is 0. The highest BCUT2D eigenvalue weighted by Crippen LogP contribution is 2.27. The van der Waals surface area contributed by atoms with Crippen molar-refractivity contribution in [2.75, 3.05) is 13.2 Å². The minimum absolute atomic E-state index is 0.380. The molecule has 0 amide bonds. The second kappa shape index (κ2) is 8.08. The van der Waals surface area contributed by atoms with E-state index in [1.807, 2.05) is 0 Å². The summed E-state index contributed by atoms with van der Waals surface area (Å²) in [5, 5.41) is 3.66. The molecule has 0 saturated heterocycles. The number of ether oxygens (including phenoxy) is 1. The van der Waals surface area contributed by atoms with Crippen LogP contribution in [0.25, 0.3) is 0 Å². The Labute approximate surface area is 101 Å². The molecule has 1 atom stereocenters. The lowest BCUT2D eigenvalue weighted by molar-refractivity contribution is 0.0759. The molecule has 0 aromatic heterocycles. The van der Waals surface area contributed by atoms with Gasteiger partial charge >= 0.3 is 0 Å². The number of nitrogens with one attached hydrogen (secondary N) is 1. The van der Waals surface area contributed by atoms with E-state index < -0.39 is 0 Å². The second-order valence-corrected chi connectivity index (χ2v) is 5.41. The van der Waals surface area contributed by atoms with Crippen molar-refractivity contribution in [2.45, 2.75) is 71.4 Å². The van der Waals surface area contributed by atoms with E-state index >= 15 is 0 Å². The molecule has 2 nitrogen and oxygen atoms in total. The summed E-state index contributed by atoms with van der Waals surface area (Å²) < 4.78 is 5.52. The van der Waals surface area contributed by atoms with Gasteiger partial charge < -0.3 is 10.1 Å². The van der Waals surface area contributed by atoms with Gasteiger partial charge in [-0.1, -0.05) is 12.8 Å². The Hall–Kier alpha value is -0.0800. The standard InChI is InChI=1S/C14H29NO/c1-12(2)16-11-7-6-10-15-13(3)14-8-4-5-9-14/h12-15H,4-11H2,1-3H3. The Morgan fingerprint density at radius 2 is 1.81 bits per heavy atom. The fourth-order valence-electron chi connectivity index (χ4n) is 2.50. The average molecular weight is 227 g/mol. The van der Waals surface area contributed by atoms with Crippen molar-refractivity contribution >= 4 is 0 Å². The van der Waals surface area contributed by atoms with E-state index in [9.17, 15) is 0 Å². The summed E-state index contributed by atoms with van der Waals surface area (Å²) in [5.74, 6) is 0.937. The van der Waals surface area contributed by atoms with Crippen LogP contribution in [0.15, 0.2) is 0 Å². The third-order valence-electron chi connectivity index (χ3n) is 3.60. The fraction of sp³-hybridized carbons (Fsp3) is 1.00. The Balaban J connectivity index is 1.90. The van der Waals surface area contributed by atoms with Crippen molar-refractivity contribution in [2.24, 2.45) is 5.92 Å². The normalized spacial score (nSPS) is 19.5. The highest BCUT2D eigenvalue weighted by molar-refractivity contribution is 4.76. The molecule has 0 heterocycles. The van der Waals surface area contributed by atoms with Crippen LogP contribution in [0.4, 0.5) is 0 Å². The van der Waals surface area contributed by atoms with Crippen molar-refractivity contribution < 1.29 is 4.74 Å². The highest BCUT2D eigenvalue weighted by atomic mass is 16.5. The summed E-state index contributed by atoms with van der Waals surface area (Å²) in [6, 6.07) is 0.716. The summed E-state index contributed by atoms with van der Waals surface area (Å²) in [5.41, 5.74) is 0. The van der Waals surface area contributed by atoms with Gasteiger partial charge in [-0.15, -0.1) is 0 Å². The monoisotopic (exact) mass is 227 g/mol. The molecule has 1 rings (SSSR count). The Morgan fingerprint density at radius 3 is 2.44 bits per heavy atom. The maximum atomic E-state index is 5.52. The lowest BCUT2D eigenvalue weighted by Crippen LogP contribution is -2.33. The first-order valence-electron chi connectivity index (χ1n) is 7.05. The first kappa shape index (κ1) is 14.0. The minimum Gasteiger partial charge on any atom is -0.379 e. The first-order valence-corrected chi connectivity index (χ1v) is 7.05. The molecule has 0 bridgehead atoms. The number of hydrogen-bond acceptors (Lipinski definition) is 2. The first-order chi connectivity index (χ1) is 7.70. The number of unbranched alkanes of at least 4 members (excludes halogenated alkanes) is 1. The molecule has 1 aliphatic carbocycles. The van der Waals surface area contributed by atoms with Crippen LogP contribution in [0.1, 0.15) is 59.3 Å². The largest absolute Gasteiger partial charge is 0.379 e. The molecule has 96 valence electrons. The summed E-state index contributed by atoms with van der Waals surface area (Å²) in [6.07, 6.45) is 8.56.